The number of nitrogens with two attached hydrogens (primary N) is 1. The Kier molecular flexibility index (Phi) is 10.1. The van der Waals surface area contributed by atoms with Gasteiger partial charge in [0, 0.05) is 30.5 Å². The van der Waals surface area contributed by atoms with Crippen LogP contribution in [0.2, 0.25) is 0 Å². The van der Waals surface area contributed by atoms with Crippen LogP contribution in [0.5, 0.6) is 0 Å². The Morgan fingerprint density at radius 2 is 1.88 bits per heavy atom. The van der Waals surface area contributed by atoms with Gasteiger partial charge in [-0.2, -0.15) is 5.10 Å². The van der Waals surface area contributed by atoms with Crippen LogP contribution in [0.3, 0.4) is 0 Å². The first-order chi connectivity index (χ1) is 19.1. The number of amides is 3. The van der Waals surface area contributed by atoms with Crippen molar-refractivity contribution in [1.82, 2.24) is 24.8 Å². The largest absolute Gasteiger partial charge is 0.427 e. The molecule has 1 aromatic carbocycles. The lowest BCUT2D eigenvalue weighted by atomic mass is 10.1. The molecule has 3 amide bonds. The summed E-state index contributed by atoms with van der Waals surface area (Å²) in [4.78, 5) is 55.5. The van der Waals surface area contributed by atoms with Crippen molar-refractivity contribution >= 4 is 40.9 Å². The number of aromatic nitrogens is 3. The molecule has 0 spiro atoms. The van der Waals surface area contributed by atoms with Crippen LogP contribution in [0, 0.1) is 13.8 Å². The highest BCUT2D eigenvalue weighted by Gasteiger charge is 2.28. The van der Waals surface area contributed by atoms with Crippen LogP contribution < -0.4 is 16.4 Å². The molecule has 0 aliphatic carbocycles. The Labute approximate surface area is 232 Å². The number of fused-ring (bicyclic) bond motifs is 1. The second-order valence-corrected chi connectivity index (χ2v) is 9.22. The second kappa shape index (κ2) is 13.5. The van der Waals surface area contributed by atoms with E-state index in [2.05, 4.69) is 20.7 Å². The van der Waals surface area contributed by atoms with E-state index < -0.39 is 30.8 Å². The van der Waals surface area contributed by atoms with Crippen LogP contribution in [-0.4, -0.2) is 69.3 Å². The summed E-state index contributed by atoms with van der Waals surface area (Å²) in [5.74, 6) is -1.12. The van der Waals surface area contributed by atoms with Crippen molar-refractivity contribution in [2.75, 3.05) is 25.2 Å². The third-order valence-electron chi connectivity index (χ3n) is 6.01. The van der Waals surface area contributed by atoms with E-state index in [1.807, 2.05) is 19.9 Å². The van der Waals surface area contributed by atoms with Gasteiger partial charge in [-0.15, -0.1) is 0 Å². The topological polar surface area (TPSA) is 170 Å². The quantitative estimate of drug-likeness (QED) is 0.237. The van der Waals surface area contributed by atoms with E-state index in [-0.39, 0.29) is 18.0 Å². The molecule has 3 rings (SSSR count). The number of carbonyl (C=O) groups is 4. The summed E-state index contributed by atoms with van der Waals surface area (Å²) in [6, 6.07) is 4.44. The molecule has 1 unspecified atom stereocenters. The Hall–Kier alpha value is -4.52. The number of anilines is 2. The highest BCUT2D eigenvalue weighted by molar-refractivity contribution is 6.05. The van der Waals surface area contributed by atoms with Gasteiger partial charge in [-0.1, -0.05) is 19.9 Å². The minimum atomic E-state index is -0.961. The number of carbonyl (C=O) groups excluding carboxylic acids is 4. The second-order valence-electron chi connectivity index (χ2n) is 9.22. The van der Waals surface area contributed by atoms with Crippen molar-refractivity contribution in [2.24, 2.45) is 5.73 Å². The van der Waals surface area contributed by atoms with Crippen molar-refractivity contribution in [3.8, 4) is 0 Å². The molecule has 4 N–H and O–H groups in total. The predicted octanol–water partition coefficient (Wildman–Crippen LogP) is 3.07. The maximum absolute atomic E-state index is 13.5. The lowest BCUT2D eigenvalue weighted by Crippen LogP contribution is -2.39. The van der Waals surface area contributed by atoms with Crippen LogP contribution in [0.4, 0.5) is 16.3 Å². The Balaban J connectivity index is 1.89. The lowest BCUT2D eigenvalue weighted by Gasteiger charge is -2.19. The summed E-state index contributed by atoms with van der Waals surface area (Å²) in [5, 5.41) is 10.3. The molecule has 13 heteroatoms. The molecule has 2 aromatic heterocycles. The van der Waals surface area contributed by atoms with Gasteiger partial charge in [-0.25, -0.2) is 19.2 Å². The number of imide groups is 1. The molecular formula is C27H35N7O6. The maximum atomic E-state index is 13.5. The van der Waals surface area contributed by atoms with Crippen LogP contribution in [0.15, 0.2) is 30.7 Å². The summed E-state index contributed by atoms with van der Waals surface area (Å²) >= 11 is 0. The molecular weight excluding hydrogens is 518 g/mol. The van der Waals surface area contributed by atoms with Gasteiger partial charge in [-0.3, -0.25) is 14.4 Å². The first kappa shape index (κ1) is 30.0. The summed E-state index contributed by atoms with van der Waals surface area (Å²) in [7, 11) is 0. The average molecular weight is 554 g/mol. The molecule has 0 saturated carbocycles. The molecule has 1 atom stereocenters. The van der Waals surface area contributed by atoms with Crippen molar-refractivity contribution < 1.29 is 28.7 Å². The first-order valence-electron chi connectivity index (χ1n) is 13.0. The van der Waals surface area contributed by atoms with E-state index in [0.717, 1.165) is 16.9 Å². The van der Waals surface area contributed by atoms with E-state index in [1.165, 1.54) is 24.0 Å². The molecule has 0 aliphatic heterocycles. The summed E-state index contributed by atoms with van der Waals surface area (Å²) in [6.07, 6.45) is 3.18. The van der Waals surface area contributed by atoms with E-state index in [4.69, 9.17) is 15.2 Å². The summed E-state index contributed by atoms with van der Waals surface area (Å²) in [5.41, 5.74) is 8.72. The van der Waals surface area contributed by atoms with Gasteiger partial charge < -0.3 is 25.8 Å². The number of rotatable bonds is 11. The SMILES string of the molecule is CCCNC(=O)c1ccc(C)c(Nc2ncnn3cc(C(=O)N(CCC)C(=O)OCOC(=O)C(C)N)c(C)c23)c1. The highest BCUT2D eigenvalue weighted by Crippen LogP contribution is 2.28. The Bertz CT molecular complexity index is 1400. The number of benzene rings is 1. The predicted molar refractivity (Wildman–Crippen MR) is 147 cm³/mol. The molecule has 2 heterocycles. The minimum Gasteiger partial charge on any atom is -0.427 e. The fraction of sp³-hybridized carbons (Fsp3) is 0.407. The van der Waals surface area contributed by atoms with E-state index in [0.29, 0.717) is 41.1 Å². The molecule has 0 bridgehead atoms. The van der Waals surface area contributed by atoms with Crippen LogP contribution in [0.1, 0.15) is 65.5 Å². The van der Waals surface area contributed by atoms with Gasteiger partial charge in [-0.05, 0) is 56.9 Å². The van der Waals surface area contributed by atoms with E-state index in [9.17, 15) is 19.2 Å². The van der Waals surface area contributed by atoms with Crippen molar-refractivity contribution in [1.29, 1.82) is 0 Å². The molecule has 214 valence electrons. The Morgan fingerprint density at radius 1 is 1.12 bits per heavy atom. The normalized spacial score (nSPS) is 11.6. The number of nitrogens with one attached hydrogen (secondary N) is 2. The van der Waals surface area contributed by atoms with Gasteiger partial charge in [0.05, 0.1) is 5.56 Å². The summed E-state index contributed by atoms with van der Waals surface area (Å²) < 4.78 is 11.3. The van der Waals surface area contributed by atoms with E-state index in [1.54, 1.807) is 26.0 Å². The lowest BCUT2D eigenvalue weighted by molar-refractivity contribution is -0.153. The smallest absolute Gasteiger partial charge is 0.419 e. The van der Waals surface area contributed by atoms with Gasteiger partial charge in [0.2, 0.25) is 6.79 Å². The van der Waals surface area contributed by atoms with Gasteiger partial charge >= 0.3 is 12.1 Å². The van der Waals surface area contributed by atoms with Gasteiger partial charge in [0.25, 0.3) is 11.8 Å². The third kappa shape index (κ3) is 6.91. The standard InChI is InChI=1S/C27H35N7O6/c1-6-10-29-24(35)19-9-8-16(3)21(12-19)32-23-22-17(4)20(13-34(22)31-14-30-23)25(36)33(11-7-2)27(38)40-15-39-26(37)18(5)28/h8-9,12-14,18H,6-7,10-11,15,28H2,1-5H3,(H,29,35)(H,30,31,32). The maximum Gasteiger partial charge on any atom is 0.419 e. The average Bonchev–Trinajstić information content (AvgIpc) is 3.28. The van der Waals surface area contributed by atoms with Crippen LogP contribution in [-0.2, 0) is 14.3 Å². The number of nitrogens with zero attached hydrogens (tertiary/aromatic N) is 4. The zero-order valence-electron chi connectivity index (χ0n) is 23.3. The van der Waals surface area contributed by atoms with Crippen molar-refractivity contribution in [2.45, 2.75) is 53.5 Å². The number of aryl methyl sites for hydroxylation is 2. The molecule has 0 radical (unpaired) electrons. The monoisotopic (exact) mass is 553 g/mol. The molecule has 0 fully saturated rings. The number of hydrogen-bond acceptors (Lipinski definition) is 10. The zero-order valence-corrected chi connectivity index (χ0v) is 23.3. The molecule has 13 nitrogen and oxygen atoms in total. The minimum absolute atomic E-state index is 0.0768. The van der Waals surface area contributed by atoms with Crippen molar-refractivity contribution in [3.05, 3.63) is 53.0 Å². The molecule has 0 saturated heterocycles. The molecule has 40 heavy (non-hydrogen) atoms. The van der Waals surface area contributed by atoms with Crippen molar-refractivity contribution in [3.63, 3.8) is 0 Å². The zero-order chi connectivity index (χ0) is 29.4. The van der Waals surface area contributed by atoms with Crippen LogP contribution >= 0.6 is 0 Å². The number of ether oxygens (including phenoxy) is 2. The fourth-order valence-electron chi connectivity index (χ4n) is 3.83. The number of esters is 1. The molecule has 3 aromatic rings. The highest BCUT2D eigenvalue weighted by atomic mass is 16.7. The van der Waals surface area contributed by atoms with Crippen LogP contribution in [0.25, 0.3) is 5.52 Å². The van der Waals surface area contributed by atoms with Gasteiger partial charge in [0.1, 0.15) is 17.9 Å². The third-order valence-corrected chi connectivity index (χ3v) is 6.01. The Morgan fingerprint density at radius 3 is 2.55 bits per heavy atom. The number of hydrogen-bond donors (Lipinski definition) is 3. The van der Waals surface area contributed by atoms with Gasteiger partial charge in [0.15, 0.2) is 5.82 Å². The fourth-order valence-corrected chi connectivity index (χ4v) is 3.83. The first-order valence-corrected chi connectivity index (χ1v) is 13.0. The molecule has 0 aliphatic rings. The summed E-state index contributed by atoms with van der Waals surface area (Å²) in [6.45, 7) is 8.82. The van der Waals surface area contributed by atoms with E-state index >= 15 is 0 Å².